The predicted molar refractivity (Wildman–Crippen MR) is 140 cm³/mol. The summed E-state index contributed by atoms with van der Waals surface area (Å²) in [6, 6.07) is 11.7. The molecule has 0 saturated heterocycles. The van der Waals surface area contributed by atoms with Crippen LogP contribution in [0, 0.1) is 0 Å². The lowest BCUT2D eigenvalue weighted by atomic mass is 10.2. The molecule has 0 fully saturated rings. The number of aliphatic hydroxyl groups excluding tert-OH is 1. The fourth-order valence-corrected chi connectivity index (χ4v) is 4.88. The molecule has 214 valence electrons. The maximum Gasteiger partial charge on any atom is 0.408 e. The summed E-state index contributed by atoms with van der Waals surface area (Å²) in [6.45, 7) is 3.37. The number of hydrogen-bond donors (Lipinski definition) is 3. The molecule has 0 heterocycles. The minimum atomic E-state index is -4.32. The van der Waals surface area contributed by atoms with E-state index in [0.29, 0.717) is 0 Å². The number of amides is 1. The van der Waals surface area contributed by atoms with E-state index >= 15 is 0 Å². The second kappa shape index (κ2) is 15.7. The Labute approximate surface area is 226 Å². The fourth-order valence-electron chi connectivity index (χ4n) is 3.38. The molecular formula is C26H34NO11P. The molecule has 0 radical (unpaired) electrons. The Morgan fingerprint density at radius 3 is 2.33 bits per heavy atom. The summed E-state index contributed by atoms with van der Waals surface area (Å²) in [5.41, 5.74) is 0.784. The van der Waals surface area contributed by atoms with E-state index in [9.17, 15) is 28.9 Å². The largest absolute Gasteiger partial charge is 0.490 e. The van der Waals surface area contributed by atoms with Gasteiger partial charge in [0.05, 0.1) is 20.3 Å². The molecule has 0 aliphatic rings. The van der Waals surface area contributed by atoms with Crippen LogP contribution in [-0.4, -0.2) is 67.2 Å². The second-order valence-electron chi connectivity index (χ2n) is 8.16. The zero-order valence-electron chi connectivity index (χ0n) is 22.0. The predicted octanol–water partition coefficient (Wildman–Crippen LogP) is 3.15. The van der Waals surface area contributed by atoms with Crippen LogP contribution in [0.1, 0.15) is 37.2 Å². The standard InChI is InChI=1S/C26H34NO11P/c1-4-35-22-15-19(11-12-21(22)37-17-23(28)36-5-2)25(30)39(32,33)14-13-20(24(29)34-3)27-26(31)38-16-18-9-7-6-8-10-18/h6-12,15,20,25,30H,4-5,13-14,16-17H2,1-3H3,(H,27,31)(H,32,33). The summed E-state index contributed by atoms with van der Waals surface area (Å²) < 4.78 is 38.6. The maximum absolute atomic E-state index is 13.0. The number of methoxy groups -OCH3 is 1. The number of aliphatic hydroxyl groups is 1. The topological polar surface area (TPSA) is 167 Å². The van der Waals surface area contributed by atoms with Crippen LogP contribution >= 0.6 is 7.37 Å². The highest BCUT2D eigenvalue weighted by Crippen LogP contribution is 2.55. The molecule has 3 N–H and O–H groups in total. The number of alkyl carbamates (subject to hydrolysis) is 1. The van der Waals surface area contributed by atoms with Crippen molar-refractivity contribution in [2.24, 2.45) is 0 Å². The number of ether oxygens (including phenoxy) is 5. The van der Waals surface area contributed by atoms with E-state index in [1.807, 2.05) is 6.07 Å². The minimum absolute atomic E-state index is 0.0422. The molecule has 0 aliphatic heterocycles. The number of rotatable bonds is 15. The van der Waals surface area contributed by atoms with Gasteiger partial charge >= 0.3 is 18.0 Å². The molecule has 2 aromatic carbocycles. The molecule has 1 amide bonds. The van der Waals surface area contributed by atoms with Crippen LogP contribution in [0.15, 0.2) is 48.5 Å². The lowest BCUT2D eigenvalue weighted by molar-refractivity contribution is -0.145. The van der Waals surface area contributed by atoms with Crippen LogP contribution in [0.5, 0.6) is 11.5 Å². The first-order valence-corrected chi connectivity index (χ1v) is 14.1. The summed E-state index contributed by atoms with van der Waals surface area (Å²) in [5.74, 6) is -2.94. The summed E-state index contributed by atoms with van der Waals surface area (Å²) in [5, 5.41) is 13.0. The van der Waals surface area contributed by atoms with Crippen LogP contribution in [0.2, 0.25) is 0 Å². The van der Waals surface area contributed by atoms with Crippen LogP contribution < -0.4 is 14.8 Å². The van der Waals surface area contributed by atoms with E-state index in [0.717, 1.165) is 12.7 Å². The van der Waals surface area contributed by atoms with Gasteiger partial charge in [-0.3, -0.25) is 4.57 Å². The van der Waals surface area contributed by atoms with Crippen molar-refractivity contribution in [3.8, 4) is 11.5 Å². The Kier molecular flexibility index (Phi) is 12.7. The van der Waals surface area contributed by atoms with Crippen molar-refractivity contribution in [2.75, 3.05) is 33.1 Å². The van der Waals surface area contributed by atoms with E-state index in [2.05, 4.69) is 5.32 Å². The third kappa shape index (κ3) is 10.2. The molecule has 0 saturated carbocycles. The molecule has 3 atom stereocenters. The number of carbonyl (C=O) groups is 3. The van der Waals surface area contributed by atoms with Crippen LogP contribution in [0.3, 0.4) is 0 Å². The Hall–Kier alpha value is -3.60. The first kappa shape index (κ1) is 31.6. The molecule has 0 spiro atoms. The normalized spacial score (nSPS) is 13.8. The van der Waals surface area contributed by atoms with Gasteiger partial charge in [0.15, 0.2) is 24.0 Å². The van der Waals surface area contributed by atoms with Gasteiger partial charge < -0.3 is 39.0 Å². The smallest absolute Gasteiger partial charge is 0.408 e. The molecule has 13 heteroatoms. The first-order chi connectivity index (χ1) is 18.6. The number of benzene rings is 2. The van der Waals surface area contributed by atoms with Crippen molar-refractivity contribution in [3.05, 3.63) is 59.7 Å². The SMILES string of the molecule is CCOC(=O)COc1ccc(C(O)P(=O)(O)CCC(NC(=O)OCc2ccccc2)C(=O)OC)cc1OCC. The second-order valence-corrected chi connectivity index (χ2v) is 10.6. The molecule has 0 bridgehead atoms. The molecule has 12 nitrogen and oxygen atoms in total. The third-order valence-electron chi connectivity index (χ3n) is 5.33. The monoisotopic (exact) mass is 567 g/mol. The van der Waals surface area contributed by atoms with E-state index in [-0.39, 0.29) is 49.9 Å². The highest BCUT2D eigenvalue weighted by atomic mass is 31.2. The van der Waals surface area contributed by atoms with E-state index < -0.39 is 43.4 Å². The van der Waals surface area contributed by atoms with Gasteiger partial charge in [0.1, 0.15) is 12.6 Å². The van der Waals surface area contributed by atoms with Crippen molar-refractivity contribution >= 4 is 25.4 Å². The molecular weight excluding hydrogens is 533 g/mol. The number of nitrogens with one attached hydrogen (secondary N) is 1. The van der Waals surface area contributed by atoms with Crippen molar-refractivity contribution in [2.45, 2.75) is 38.8 Å². The lowest BCUT2D eigenvalue weighted by Gasteiger charge is -2.22. The van der Waals surface area contributed by atoms with E-state index in [1.165, 1.54) is 18.2 Å². The van der Waals surface area contributed by atoms with E-state index in [4.69, 9.17) is 23.7 Å². The quantitative estimate of drug-likeness (QED) is 0.164. The van der Waals surface area contributed by atoms with Crippen molar-refractivity contribution < 1.29 is 52.6 Å². The average molecular weight is 568 g/mol. The molecule has 2 rings (SSSR count). The molecule has 3 unspecified atom stereocenters. The Morgan fingerprint density at radius 1 is 0.974 bits per heavy atom. The Morgan fingerprint density at radius 2 is 1.69 bits per heavy atom. The number of esters is 2. The maximum atomic E-state index is 13.0. The average Bonchev–Trinajstić information content (AvgIpc) is 2.93. The molecule has 0 aliphatic carbocycles. The number of hydrogen-bond acceptors (Lipinski definition) is 10. The van der Waals surface area contributed by atoms with Gasteiger partial charge in [-0.15, -0.1) is 0 Å². The Balaban J connectivity index is 2.06. The molecule has 0 aromatic heterocycles. The number of carbonyl (C=O) groups excluding carboxylic acids is 3. The Bertz CT molecular complexity index is 1140. The molecule has 39 heavy (non-hydrogen) atoms. The lowest BCUT2D eigenvalue weighted by Crippen LogP contribution is -2.42. The van der Waals surface area contributed by atoms with Gasteiger partial charge in [-0.1, -0.05) is 36.4 Å². The van der Waals surface area contributed by atoms with Crippen LogP contribution in [0.4, 0.5) is 4.79 Å². The van der Waals surface area contributed by atoms with Crippen molar-refractivity contribution in [1.29, 1.82) is 0 Å². The van der Waals surface area contributed by atoms with Gasteiger partial charge in [-0.2, -0.15) is 0 Å². The summed E-state index contributed by atoms with van der Waals surface area (Å²) >= 11 is 0. The first-order valence-electron chi connectivity index (χ1n) is 12.2. The zero-order valence-corrected chi connectivity index (χ0v) is 22.9. The highest BCUT2D eigenvalue weighted by molar-refractivity contribution is 7.58. The minimum Gasteiger partial charge on any atom is -0.490 e. The zero-order chi connectivity index (χ0) is 28.8. The van der Waals surface area contributed by atoms with Gasteiger partial charge in [0.25, 0.3) is 0 Å². The van der Waals surface area contributed by atoms with Gasteiger partial charge in [0, 0.05) is 6.16 Å². The van der Waals surface area contributed by atoms with Gasteiger partial charge in [0.2, 0.25) is 7.37 Å². The van der Waals surface area contributed by atoms with E-state index in [1.54, 1.807) is 38.1 Å². The molecule has 2 aromatic rings. The summed E-state index contributed by atoms with van der Waals surface area (Å²) in [6.07, 6.45) is -1.75. The third-order valence-corrected chi connectivity index (χ3v) is 7.29. The highest BCUT2D eigenvalue weighted by Gasteiger charge is 2.34. The summed E-state index contributed by atoms with van der Waals surface area (Å²) in [7, 11) is -3.21. The summed E-state index contributed by atoms with van der Waals surface area (Å²) in [4.78, 5) is 46.6. The van der Waals surface area contributed by atoms with Crippen molar-refractivity contribution in [1.82, 2.24) is 5.32 Å². The van der Waals surface area contributed by atoms with Gasteiger partial charge in [-0.05, 0) is 43.5 Å². The van der Waals surface area contributed by atoms with Crippen molar-refractivity contribution in [3.63, 3.8) is 0 Å². The van der Waals surface area contributed by atoms with Gasteiger partial charge in [-0.25, -0.2) is 14.4 Å². The van der Waals surface area contributed by atoms with Crippen LogP contribution in [-0.2, 0) is 35.0 Å². The fraction of sp³-hybridized carbons (Fsp3) is 0.423. The van der Waals surface area contributed by atoms with Crippen LogP contribution in [0.25, 0.3) is 0 Å².